The molecule has 29 heavy (non-hydrogen) atoms. The second-order valence-electron chi connectivity index (χ2n) is 6.09. The number of ketones is 1. The molecule has 1 atom stereocenters. The fourth-order valence-electron chi connectivity index (χ4n) is 2.56. The van der Waals surface area contributed by atoms with Crippen LogP contribution >= 0.6 is 11.6 Å². The summed E-state index contributed by atoms with van der Waals surface area (Å²) < 4.78 is 72.3. The second kappa shape index (κ2) is 7.60. The first kappa shape index (κ1) is 21.0. The highest BCUT2D eigenvalue weighted by Gasteiger charge is 2.39. The lowest BCUT2D eigenvalue weighted by Gasteiger charge is -2.10. The fourth-order valence-corrected chi connectivity index (χ4v) is 3.77. The van der Waals surface area contributed by atoms with E-state index in [0.29, 0.717) is 10.6 Å². The Kier molecular flexibility index (Phi) is 5.50. The van der Waals surface area contributed by atoms with Gasteiger partial charge in [-0.25, -0.2) is 0 Å². The number of Topliss-reactive ketones (excluding diaryl/α,β-unsaturated/α-hetero) is 1. The van der Waals surface area contributed by atoms with Crippen molar-refractivity contribution in [2.24, 2.45) is 5.73 Å². The number of benzene rings is 2. The smallest absolute Gasteiger partial charge is 0.416 e. The van der Waals surface area contributed by atoms with Crippen LogP contribution in [0.1, 0.15) is 22.8 Å². The van der Waals surface area contributed by atoms with Gasteiger partial charge in [0.05, 0.1) is 5.56 Å². The SMILES string of the molecule is NC1=C(OS(=O)(=O)Cc2ccc(C(F)(F)F)cc2)C(=O)C(c2ccc(Cl)cc2)O1. The van der Waals surface area contributed by atoms with Crippen molar-refractivity contribution in [1.29, 1.82) is 0 Å². The molecule has 0 spiro atoms. The second-order valence-corrected chi connectivity index (χ2v) is 8.09. The van der Waals surface area contributed by atoms with Gasteiger partial charge in [-0.15, -0.1) is 0 Å². The normalized spacial score (nSPS) is 17.4. The van der Waals surface area contributed by atoms with Crippen LogP contribution in [0, 0.1) is 0 Å². The Morgan fingerprint density at radius 1 is 1.07 bits per heavy atom. The van der Waals surface area contributed by atoms with E-state index in [1.165, 1.54) is 24.3 Å². The third-order valence-corrected chi connectivity index (χ3v) is 5.30. The molecule has 0 radical (unpaired) electrons. The van der Waals surface area contributed by atoms with Gasteiger partial charge in [-0.1, -0.05) is 35.9 Å². The molecule has 0 fully saturated rings. The maximum atomic E-state index is 12.6. The minimum absolute atomic E-state index is 0.0396. The van der Waals surface area contributed by atoms with E-state index in [1.807, 2.05) is 0 Å². The van der Waals surface area contributed by atoms with E-state index in [9.17, 15) is 26.4 Å². The zero-order valence-corrected chi connectivity index (χ0v) is 16.0. The van der Waals surface area contributed by atoms with Crippen LogP contribution in [0.15, 0.2) is 60.2 Å². The van der Waals surface area contributed by atoms with Crippen LogP contribution < -0.4 is 5.73 Å². The van der Waals surface area contributed by atoms with Crippen molar-refractivity contribution in [2.45, 2.75) is 18.0 Å². The Morgan fingerprint density at radius 3 is 2.21 bits per heavy atom. The molecule has 2 N–H and O–H groups in total. The summed E-state index contributed by atoms with van der Waals surface area (Å²) in [6, 6.07) is 9.57. The average Bonchev–Trinajstić information content (AvgIpc) is 2.89. The van der Waals surface area contributed by atoms with Gasteiger partial charge in [0, 0.05) is 10.6 Å². The van der Waals surface area contributed by atoms with Crippen molar-refractivity contribution in [3.63, 3.8) is 0 Å². The largest absolute Gasteiger partial charge is 0.460 e. The minimum Gasteiger partial charge on any atom is -0.460 e. The van der Waals surface area contributed by atoms with Gasteiger partial charge in [-0.05, 0) is 29.8 Å². The van der Waals surface area contributed by atoms with E-state index in [-0.39, 0.29) is 5.56 Å². The summed E-state index contributed by atoms with van der Waals surface area (Å²) in [7, 11) is -4.39. The van der Waals surface area contributed by atoms with Crippen LogP contribution in [0.5, 0.6) is 0 Å². The molecule has 0 amide bonds. The number of nitrogens with two attached hydrogens (primary N) is 1. The van der Waals surface area contributed by atoms with Gasteiger partial charge >= 0.3 is 16.3 Å². The number of hydrogen-bond acceptors (Lipinski definition) is 6. The Bertz CT molecular complexity index is 1060. The van der Waals surface area contributed by atoms with Crippen LogP contribution in [0.4, 0.5) is 13.2 Å². The Hall–Kier alpha value is -2.72. The molecule has 0 bridgehead atoms. The fraction of sp³-hybridized carbons (Fsp3) is 0.167. The molecule has 0 saturated heterocycles. The molecule has 6 nitrogen and oxygen atoms in total. The van der Waals surface area contributed by atoms with Gasteiger partial charge in [0.25, 0.3) is 0 Å². The Balaban J connectivity index is 1.73. The van der Waals surface area contributed by atoms with Crippen molar-refractivity contribution < 1.29 is 35.3 Å². The Morgan fingerprint density at radius 2 is 1.66 bits per heavy atom. The number of carbonyl (C=O) groups excluding carboxylic acids is 1. The van der Waals surface area contributed by atoms with Gasteiger partial charge in [0.2, 0.25) is 17.4 Å². The molecule has 3 rings (SSSR count). The quantitative estimate of drug-likeness (QED) is 0.702. The summed E-state index contributed by atoms with van der Waals surface area (Å²) in [6.07, 6.45) is -5.74. The molecular formula is C18H13ClF3NO5S. The summed E-state index contributed by atoms with van der Waals surface area (Å²) in [4.78, 5) is 12.5. The third-order valence-electron chi connectivity index (χ3n) is 3.94. The van der Waals surface area contributed by atoms with E-state index in [2.05, 4.69) is 0 Å². The van der Waals surface area contributed by atoms with E-state index in [4.69, 9.17) is 26.3 Å². The van der Waals surface area contributed by atoms with Gasteiger partial charge in [0.1, 0.15) is 5.75 Å². The van der Waals surface area contributed by atoms with Crippen molar-refractivity contribution in [3.05, 3.63) is 81.9 Å². The molecule has 1 aliphatic heterocycles. The monoisotopic (exact) mass is 447 g/mol. The number of ether oxygens (including phenoxy) is 1. The first-order chi connectivity index (χ1) is 13.5. The lowest BCUT2D eigenvalue weighted by Crippen LogP contribution is -2.16. The average molecular weight is 448 g/mol. The number of carbonyl (C=O) groups is 1. The number of hydrogen-bond donors (Lipinski definition) is 1. The number of alkyl halides is 3. The summed E-state index contributed by atoms with van der Waals surface area (Å²) in [5.74, 6) is -2.76. The van der Waals surface area contributed by atoms with Gasteiger partial charge in [-0.3, -0.25) is 4.79 Å². The van der Waals surface area contributed by atoms with E-state index in [1.54, 1.807) is 0 Å². The topological polar surface area (TPSA) is 95.7 Å². The van der Waals surface area contributed by atoms with Crippen molar-refractivity contribution in [1.82, 2.24) is 0 Å². The zero-order chi connectivity index (χ0) is 21.4. The highest BCUT2D eigenvalue weighted by molar-refractivity contribution is 7.86. The number of rotatable bonds is 5. The standard InChI is InChI=1S/C18H13ClF3NO5S/c19-13-7-3-11(4-8-13)15-14(24)16(17(23)27-15)28-29(25,26)9-10-1-5-12(6-2-10)18(20,21)22/h1-8,15H,9,23H2. The van der Waals surface area contributed by atoms with Gasteiger partial charge in [-0.2, -0.15) is 21.6 Å². The molecule has 2 aromatic rings. The third kappa shape index (κ3) is 4.83. The highest BCUT2D eigenvalue weighted by atomic mass is 35.5. The zero-order valence-electron chi connectivity index (χ0n) is 14.4. The van der Waals surface area contributed by atoms with Crippen LogP contribution in [-0.2, 0) is 35.8 Å². The molecule has 1 unspecified atom stereocenters. The maximum Gasteiger partial charge on any atom is 0.416 e. The molecule has 2 aromatic carbocycles. The first-order valence-corrected chi connectivity index (χ1v) is 9.96. The molecule has 0 aliphatic carbocycles. The molecule has 1 aliphatic rings. The lowest BCUT2D eigenvalue weighted by molar-refractivity contribution is -0.137. The van der Waals surface area contributed by atoms with Gasteiger partial charge in [0.15, 0.2) is 6.10 Å². The first-order valence-electron chi connectivity index (χ1n) is 8.00. The van der Waals surface area contributed by atoms with E-state index < -0.39 is 51.1 Å². The van der Waals surface area contributed by atoms with Crippen LogP contribution in [-0.4, -0.2) is 14.2 Å². The highest BCUT2D eigenvalue weighted by Crippen LogP contribution is 2.33. The summed E-state index contributed by atoms with van der Waals surface area (Å²) in [6.45, 7) is 0. The van der Waals surface area contributed by atoms with Crippen molar-refractivity contribution in [2.75, 3.05) is 0 Å². The maximum absolute atomic E-state index is 12.6. The molecule has 0 aromatic heterocycles. The van der Waals surface area contributed by atoms with Crippen molar-refractivity contribution in [3.8, 4) is 0 Å². The lowest BCUT2D eigenvalue weighted by atomic mass is 10.1. The number of halogens is 4. The molecular weight excluding hydrogens is 435 g/mol. The molecule has 154 valence electrons. The molecule has 0 saturated carbocycles. The molecule has 1 heterocycles. The summed E-state index contributed by atoms with van der Waals surface area (Å²) in [5.41, 5.74) is 5.10. The minimum atomic E-state index is -4.54. The Labute approximate surface area is 168 Å². The molecule has 11 heteroatoms. The van der Waals surface area contributed by atoms with Crippen LogP contribution in [0.3, 0.4) is 0 Å². The van der Waals surface area contributed by atoms with Crippen LogP contribution in [0.2, 0.25) is 5.02 Å². The summed E-state index contributed by atoms with van der Waals surface area (Å²) in [5, 5.41) is 0.427. The predicted molar refractivity (Wildman–Crippen MR) is 96.7 cm³/mol. The summed E-state index contributed by atoms with van der Waals surface area (Å²) >= 11 is 5.78. The van der Waals surface area contributed by atoms with E-state index in [0.717, 1.165) is 24.3 Å². The van der Waals surface area contributed by atoms with E-state index >= 15 is 0 Å². The van der Waals surface area contributed by atoms with Crippen molar-refractivity contribution >= 4 is 27.5 Å². The van der Waals surface area contributed by atoms with Crippen LogP contribution in [0.25, 0.3) is 0 Å². The van der Waals surface area contributed by atoms with Gasteiger partial charge < -0.3 is 14.7 Å². The predicted octanol–water partition coefficient (Wildman–Crippen LogP) is 3.67.